The highest BCUT2D eigenvalue weighted by atomic mass is 16.5. The van der Waals surface area contributed by atoms with Crippen molar-refractivity contribution in [3.63, 3.8) is 0 Å². The Labute approximate surface area is 122 Å². The van der Waals surface area contributed by atoms with Crippen LogP contribution < -0.4 is 15.0 Å². The Morgan fingerprint density at radius 1 is 1.19 bits per heavy atom. The number of hydrogen-bond acceptors (Lipinski definition) is 3. The number of Topliss-reactive ketones (excluding diaryl/α,β-unsaturated/α-hetero) is 1. The number of nitrogens with two attached hydrogens (primary N) is 1. The number of carbonyl (C=O) groups excluding carboxylic acids is 1. The van der Waals surface area contributed by atoms with Gasteiger partial charge in [0.15, 0.2) is 5.78 Å². The summed E-state index contributed by atoms with van der Waals surface area (Å²) in [6.07, 6.45) is 0. The first-order valence-corrected chi connectivity index (χ1v) is 6.62. The van der Waals surface area contributed by atoms with Crippen molar-refractivity contribution in [2.75, 3.05) is 12.8 Å². The number of nitrogens with one attached hydrogen (secondary N) is 1. The Hall–Kier alpha value is -2.82. The number of aromatic amines is 1. The number of carbonyl (C=O) groups is 1. The molecule has 0 saturated carbocycles. The zero-order valence-corrected chi connectivity index (χ0v) is 11.7. The number of aromatic nitrogens is 2. The molecule has 3 aromatic rings. The fourth-order valence-corrected chi connectivity index (χ4v) is 2.33. The van der Waals surface area contributed by atoms with E-state index < -0.39 is 0 Å². The lowest BCUT2D eigenvalue weighted by Gasteiger charge is -2.03. The summed E-state index contributed by atoms with van der Waals surface area (Å²) in [6, 6.07) is 14.8. The first-order valence-electron chi connectivity index (χ1n) is 6.62. The smallest absolute Gasteiger partial charge is 0.354 e. The second kappa shape index (κ2) is 5.28. The summed E-state index contributed by atoms with van der Waals surface area (Å²) in [4.78, 5) is 15.4. The van der Waals surface area contributed by atoms with Crippen molar-refractivity contribution in [1.29, 1.82) is 0 Å². The predicted molar refractivity (Wildman–Crippen MR) is 80.2 cm³/mol. The molecule has 0 saturated heterocycles. The van der Waals surface area contributed by atoms with Gasteiger partial charge in [0, 0.05) is 5.56 Å². The number of nitrogen functional groups attached to an aromatic ring is 1. The number of anilines is 1. The van der Waals surface area contributed by atoms with Crippen molar-refractivity contribution in [2.24, 2.45) is 0 Å². The Kier molecular flexibility index (Phi) is 3.31. The van der Waals surface area contributed by atoms with Crippen molar-refractivity contribution in [1.82, 2.24) is 4.98 Å². The molecule has 0 unspecified atom stereocenters. The molecule has 3 rings (SSSR count). The standard InChI is InChI=1S/C16H15N3O2/c1-21-12-8-6-11(7-9-12)15(20)10-19-14-5-3-2-4-13(14)18-16(19)17/h2-9H,10H2,1H3,(H2,17,18)/p+1. The highest BCUT2D eigenvalue weighted by Gasteiger charge is 2.17. The molecule has 21 heavy (non-hydrogen) atoms. The molecule has 3 N–H and O–H groups in total. The van der Waals surface area contributed by atoms with Gasteiger partial charge < -0.3 is 4.74 Å². The fourth-order valence-electron chi connectivity index (χ4n) is 2.33. The molecule has 5 heteroatoms. The van der Waals surface area contributed by atoms with Crippen molar-refractivity contribution < 1.29 is 14.1 Å². The van der Waals surface area contributed by atoms with Crippen LogP contribution in [0.1, 0.15) is 10.4 Å². The van der Waals surface area contributed by atoms with E-state index in [1.54, 1.807) is 35.9 Å². The topological polar surface area (TPSA) is 72.0 Å². The van der Waals surface area contributed by atoms with Gasteiger partial charge >= 0.3 is 5.95 Å². The van der Waals surface area contributed by atoms with Crippen molar-refractivity contribution in [3.05, 3.63) is 54.1 Å². The lowest BCUT2D eigenvalue weighted by molar-refractivity contribution is -0.642. The highest BCUT2D eigenvalue weighted by molar-refractivity contribution is 5.95. The molecule has 0 fully saturated rings. The Balaban J connectivity index is 1.90. The lowest BCUT2D eigenvalue weighted by atomic mass is 10.1. The van der Waals surface area contributed by atoms with Crippen LogP contribution in [0, 0.1) is 0 Å². The molecule has 0 spiro atoms. The van der Waals surface area contributed by atoms with E-state index in [2.05, 4.69) is 4.98 Å². The van der Waals surface area contributed by atoms with Crippen LogP contribution in [0.2, 0.25) is 0 Å². The number of para-hydroxylation sites is 2. The quantitative estimate of drug-likeness (QED) is 0.567. The van der Waals surface area contributed by atoms with E-state index in [1.165, 1.54) is 0 Å². The molecule has 1 aromatic heterocycles. The summed E-state index contributed by atoms with van der Waals surface area (Å²) in [6.45, 7) is 0.197. The van der Waals surface area contributed by atoms with E-state index in [9.17, 15) is 4.79 Å². The number of benzene rings is 2. The van der Waals surface area contributed by atoms with Gasteiger partial charge in [-0.3, -0.25) is 10.5 Å². The Bertz CT molecular complexity index is 791. The average Bonchev–Trinajstić information content (AvgIpc) is 2.83. The third-order valence-corrected chi connectivity index (χ3v) is 3.46. The summed E-state index contributed by atoms with van der Waals surface area (Å²) in [5.41, 5.74) is 8.42. The molecular formula is C16H16N3O2+. The van der Waals surface area contributed by atoms with E-state index in [-0.39, 0.29) is 12.3 Å². The summed E-state index contributed by atoms with van der Waals surface area (Å²) >= 11 is 0. The number of hydrogen-bond donors (Lipinski definition) is 2. The van der Waals surface area contributed by atoms with E-state index in [0.717, 1.165) is 16.8 Å². The third kappa shape index (κ3) is 2.45. The van der Waals surface area contributed by atoms with E-state index in [1.807, 2.05) is 24.3 Å². The van der Waals surface area contributed by atoms with Crippen LogP contribution >= 0.6 is 0 Å². The van der Waals surface area contributed by atoms with Crippen LogP contribution in [0.5, 0.6) is 5.75 Å². The third-order valence-electron chi connectivity index (χ3n) is 3.46. The Morgan fingerprint density at radius 3 is 2.62 bits per heavy atom. The predicted octanol–water partition coefficient (Wildman–Crippen LogP) is 1.93. The van der Waals surface area contributed by atoms with Crippen molar-refractivity contribution >= 4 is 22.8 Å². The van der Waals surface area contributed by atoms with Gasteiger partial charge in [0.2, 0.25) is 0 Å². The van der Waals surface area contributed by atoms with Gasteiger partial charge in [-0.2, -0.15) is 0 Å². The second-order valence-electron chi connectivity index (χ2n) is 4.77. The lowest BCUT2D eigenvalue weighted by Crippen LogP contribution is -2.39. The fraction of sp³-hybridized carbons (Fsp3) is 0.125. The molecule has 0 atom stereocenters. The normalized spacial score (nSPS) is 10.7. The molecule has 0 aliphatic carbocycles. The number of ether oxygens (including phenoxy) is 1. The van der Waals surface area contributed by atoms with Gasteiger partial charge in [-0.25, -0.2) is 9.55 Å². The van der Waals surface area contributed by atoms with Gasteiger partial charge in [0.25, 0.3) is 0 Å². The van der Waals surface area contributed by atoms with E-state index in [4.69, 9.17) is 10.5 Å². The number of rotatable bonds is 4. The number of H-pyrrole nitrogens is 1. The molecule has 5 nitrogen and oxygen atoms in total. The van der Waals surface area contributed by atoms with Gasteiger partial charge in [0.1, 0.15) is 23.3 Å². The number of fused-ring (bicyclic) bond motifs is 1. The second-order valence-corrected chi connectivity index (χ2v) is 4.77. The zero-order chi connectivity index (χ0) is 14.8. The molecule has 106 valence electrons. The number of ketones is 1. The number of methoxy groups -OCH3 is 1. The Morgan fingerprint density at radius 2 is 1.90 bits per heavy atom. The minimum atomic E-state index is -0.000828. The zero-order valence-electron chi connectivity index (χ0n) is 11.7. The molecule has 0 aliphatic rings. The summed E-state index contributed by atoms with van der Waals surface area (Å²) in [7, 11) is 1.60. The summed E-state index contributed by atoms with van der Waals surface area (Å²) in [5.74, 6) is 1.20. The molecule has 0 bridgehead atoms. The first-order chi connectivity index (χ1) is 10.2. The monoisotopic (exact) mass is 282 g/mol. The largest absolute Gasteiger partial charge is 0.497 e. The summed E-state index contributed by atoms with van der Waals surface area (Å²) in [5, 5.41) is 0. The van der Waals surface area contributed by atoms with Crippen LogP contribution in [0.4, 0.5) is 5.95 Å². The maximum Gasteiger partial charge on any atom is 0.354 e. The molecule has 2 aromatic carbocycles. The molecule has 0 aliphatic heterocycles. The number of nitrogens with zero attached hydrogens (tertiary/aromatic N) is 1. The molecule has 1 heterocycles. The molecular weight excluding hydrogens is 266 g/mol. The SMILES string of the molecule is COc1ccc(C(=O)C[n+]2c(N)[nH]c3ccccc32)cc1. The summed E-state index contributed by atoms with van der Waals surface area (Å²) < 4.78 is 6.87. The number of imidazole rings is 1. The van der Waals surface area contributed by atoms with Crippen LogP contribution in [-0.4, -0.2) is 17.9 Å². The van der Waals surface area contributed by atoms with Gasteiger partial charge in [0.05, 0.1) is 7.11 Å². The van der Waals surface area contributed by atoms with E-state index >= 15 is 0 Å². The van der Waals surface area contributed by atoms with Crippen molar-refractivity contribution in [2.45, 2.75) is 6.54 Å². The van der Waals surface area contributed by atoms with Crippen LogP contribution in [0.25, 0.3) is 11.0 Å². The maximum absolute atomic E-state index is 12.4. The van der Waals surface area contributed by atoms with Crippen LogP contribution in [0.3, 0.4) is 0 Å². The minimum Gasteiger partial charge on any atom is -0.497 e. The van der Waals surface area contributed by atoms with Crippen molar-refractivity contribution in [3.8, 4) is 5.75 Å². The van der Waals surface area contributed by atoms with Crippen LogP contribution in [0.15, 0.2) is 48.5 Å². The highest BCUT2D eigenvalue weighted by Crippen LogP contribution is 2.13. The van der Waals surface area contributed by atoms with E-state index in [0.29, 0.717) is 11.5 Å². The average molecular weight is 282 g/mol. The van der Waals surface area contributed by atoms with Gasteiger partial charge in [-0.1, -0.05) is 12.1 Å². The molecule has 0 amide bonds. The minimum absolute atomic E-state index is 0.000828. The maximum atomic E-state index is 12.4. The van der Waals surface area contributed by atoms with Crippen LogP contribution in [-0.2, 0) is 6.54 Å². The van der Waals surface area contributed by atoms with Gasteiger partial charge in [-0.15, -0.1) is 0 Å². The molecule has 0 radical (unpaired) electrons. The first kappa shape index (κ1) is 13.2. The van der Waals surface area contributed by atoms with Gasteiger partial charge in [-0.05, 0) is 36.4 Å².